The molecule has 0 rings (SSSR count). The van der Waals surface area contributed by atoms with Crippen molar-refractivity contribution in [2.24, 2.45) is 5.73 Å². The third kappa shape index (κ3) is 8.72. The van der Waals surface area contributed by atoms with Crippen LogP contribution >= 0.6 is 11.8 Å². The van der Waals surface area contributed by atoms with Crippen LogP contribution in [0.5, 0.6) is 0 Å². The summed E-state index contributed by atoms with van der Waals surface area (Å²) in [6, 6.07) is -0.752. The molecule has 0 bridgehead atoms. The zero-order chi connectivity index (χ0) is 11.7. The van der Waals surface area contributed by atoms with E-state index in [9.17, 15) is 9.90 Å². The van der Waals surface area contributed by atoms with Gasteiger partial charge in [-0.05, 0) is 30.8 Å². The molecule has 0 aliphatic heterocycles. The third-order valence-electron chi connectivity index (χ3n) is 2.11. The smallest absolute Gasteiger partial charge is 0.320 e. The van der Waals surface area contributed by atoms with Crippen molar-refractivity contribution in [3.8, 4) is 0 Å². The largest absolute Gasteiger partial charge is 0.480 e. The van der Waals surface area contributed by atoms with Gasteiger partial charge in [-0.25, -0.2) is 0 Å². The quantitative estimate of drug-likeness (QED) is 0.521. The van der Waals surface area contributed by atoms with Crippen LogP contribution in [-0.4, -0.2) is 39.8 Å². The molecule has 0 amide bonds. The van der Waals surface area contributed by atoms with E-state index < -0.39 is 12.0 Å². The molecule has 0 aliphatic rings. The Hall–Kier alpha value is -0.260. The van der Waals surface area contributed by atoms with Crippen molar-refractivity contribution in [1.82, 2.24) is 0 Å². The topological polar surface area (TPSA) is 83.5 Å². The zero-order valence-corrected chi connectivity index (χ0v) is 10.0. The minimum atomic E-state index is -0.943. The van der Waals surface area contributed by atoms with Gasteiger partial charge < -0.3 is 15.9 Å². The first-order chi connectivity index (χ1) is 7.07. The number of thioether (sulfide) groups is 1. The third-order valence-corrected chi connectivity index (χ3v) is 3.16. The summed E-state index contributed by atoms with van der Waals surface area (Å²) in [6.07, 6.45) is 2.89. The van der Waals surface area contributed by atoms with Gasteiger partial charge >= 0.3 is 5.97 Å². The molecule has 0 aromatic rings. The van der Waals surface area contributed by atoms with Crippen LogP contribution in [0.1, 0.15) is 32.6 Å². The Morgan fingerprint density at radius 2 is 1.93 bits per heavy atom. The molecule has 0 saturated carbocycles. The molecular weight excluding hydrogens is 214 g/mol. The molecule has 5 heteroatoms. The lowest BCUT2D eigenvalue weighted by Crippen LogP contribution is -2.30. The molecule has 0 aromatic carbocycles. The molecule has 15 heavy (non-hydrogen) atoms. The summed E-state index contributed by atoms with van der Waals surface area (Å²) in [5, 5.41) is 17.9. The lowest BCUT2D eigenvalue weighted by Gasteiger charge is -2.09. The van der Waals surface area contributed by atoms with Crippen molar-refractivity contribution < 1.29 is 15.0 Å². The van der Waals surface area contributed by atoms with Crippen molar-refractivity contribution in [3.05, 3.63) is 0 Å². The highest BCUT2D eigenvalue weighted by molar-refractivity contribution is 7.99. The first kappa shape index (κ1) is 14.7. The van der Waals surface area contributed by atoms with Crippen LogP contribution in [0.2, 0.25) is 0 Å². The fourth-order valence-corrected chi connectivity index (χ4v) is 2.20. The van der Waals surface area contributed by atoms with Gasteiger partial charge in [0.25, 0.3) is 0 Å². The normalized spacial score (nSPS) is 14.9. The summed E-state index contributed by atoms with van der Waals surface area (Å²) < 4.78 is 0. The Labute approximate surface area is 95.2 Å². The number of aliphatic hydroxyl groups excluding tert-OH is 1. The molecule has 90 valence electrons. The minimum Gasteiger partial charge on any atom is -0.480 e. The van der Waals surface area contributed by atoms with Crippen molar-refractivity contribution in [2.75, 3.05) is 11.5 Å². The number of aliphatic hydroxyl groups is 1. The van der Waals surface area contributed by atoms with E-state index in [1.807, 2.05) is 6.92 Å². The lowest BCUT2D eigenvalue weighted by atomic mass is 10.2. The first-order valence-corrected chi connectivity index (χ1v) is 6.47. The van der Waals surface area contributed by atoms with E-state index in [-0.39, 0.29) is 6.10 Å². The van der Waals surface area contributed by atoms with Crippen LogP contribution in [0, 0.1) is 0 Å². The number of nitrogens with two attached hydrogens (primary N) is 1. The van der Waals surface area contributed by atoms with Crippen LogP contribution in [-0.2, 0) is 4.79 Å². The van der Waals surface area contributed by atoms with Gasteiger partial charge in [-0.2, -0.15) is 11.8 Å². The molecule has 0 fully saturated rings. The summed E-state index contributed by atoms with van der Waals surface area (Å²) in [6.45, 7) is 2.04. The molecule has 0 saturated heterocycles. The predicted molar refractivity (Wildman–Crippen MR) is 63.1 cm³/mol. The number of hydrogen-bond donors (Lipinski definition) is 3. The van der Waals surface area contributed by atoms with E-state index in [0.717, 1.165) is 30.8 Å². The van der Waals surface area contributed by atoms with Crippen LogP contribution in [0.25, 0.3) is 0 Å². The van der Waals surface area contributed by atoms with Gasteiger partial charge in [-0.3, -0.25) is 4.79 Å². The molecule has 0 heterocycles. The van der Waals surface area contributed by atoms with Crippen LogP contribution in [0.15, 0.2) is 0 Å². The van der Waals surface area contributed by atoms with Gasteiger partial charge in [0, 0.05) is 0 Å². The number of carbonyl (C=O) groups is 1. The molecule has 0 spiro atoms. The summed E-state index contributed by atoms with van der Waals surface area (Å²) in [7, 11) is 0. The number of carboxylic acid groups (broad SMARTS) is 1. The number of carboxylic acids is 1. The Bertz CT molecular complexity index is 178. The summed E-state index contributed by atoms with van der Waals surface area (Å²) in [5.41, 5.74) is 5.34. The van der Waals surface area contributed by atoms with Gasteiger partial charge in [-0.15, -0.1) is 0 Å². The maximum absolute atomic E-state index is 10.4. The van der Waals surface area contributed by atoms with Crippen LogP contribution in [0.4, 0.5) is 0 Å². The molecule has 1 unspecified atom stereocenters. The second kappa shape index (κ2) is 9.00. The Morgan fingerprint density at radius 1 is 1.33 bits per heavy atom. The van der Waals surface area contributed by atoms with Gasteiger partial charge in [0.15, 0.2) is 0 Å². The fraction of sp³-hybridized carbons (Fsp3) is 0.900. The molecular formula is C10H21NO3S. The van der Waals surface area contributed by atoms with Crippen molar-refractivity contribution in [3.63, 3.8) is 0 Å². The maximum Gasteiger partial charge on any atom is 0.320 e. The molecule has 4 nitrogen and oxygen atoms in total. The Morgan fingerprint density at radius 3 is 2.47 bits per heavy atom. The molecule has 2 atom stereocenters. The second-order valence-electron chi connectivity index (χ2n) is 3.58. The SMILES string of the molecule is CCCC(O)CCSCC[C@@H](N)C(=O)O. The van der Waals surface area contributed by atoms with E-state index in [2.05, 4.69) is 0 Å². The van der Waals surface area contributed by atoms with E-state index in [1.54, 1.807) is 11.8 Å². The predicted octanol–water partition coefficient (Wildman–Crippen LogP) is 1.07. The Balaban J connectivity index is 3.28. The van der Waals surface area contributed by atoms with Crippen molar-refractivity contribution in [2.45, 2.75) is 44.8 Å². The summed E-state index contributed by atoms with van der Waals surface area (Å²) in [4.78, 5) is 10.4. The first-order valence-electron chi connectivity index (χ1n) is 5.32. The fourth-order valence-electron chi connectivity index (χ4n) is 1.13. The molecule has 0 radical (unpaired) electrons. The highest BCUT2D eigenvalue weighted by Crippen LogP contribution is 2.10. The maximum atomic E-state index is 10.4. The molecule has 0 aliphatic carbocycles. The summed E-state index contributed by atoms with van der Waals surface area (Å²) >= 11 is 1.65. The van der Waals surface area contributed by atoms with Crippen LogP contribution < -0.4 is 5.73 Å². The van der Waals surface area contributed by atoms with E-state index in [1.165, 1.54) is 0 Å². The molecule has 0 aromatic heterocycles. The van der Waals surface area contributed by atoms with E-state index >= 15 is 0 Å². The zero-order valence-electron chi connectivity index (χ0n) is 9.19. The van der Waals surface area contributed by atoms with Gasteiger partial charge in [0.2, 0.25) is 0 Å². The number of aliphatic carboxylic acids is 1. The standard InChI is InChI=1S/C10H21NO3S/c1-2-3-8(12)4-6-15-7-5-9(11)10(13)14/h8-9,12H,2-7,11H2,1H3,(H,13,14)/t8?,9-/m1/s1. The monoisotopic (exact) mass is 235 g/mol. The van der Waals surface area contributed by atoms with E-state index in [4.69, 9.17) is 10.8 Å². The highest BCUT2D eigenvalue weighted by atomic mass is 32.2. The highest BCUT2D eigenvalue weighted by Gasteiger charge is 2.10. The summed E-state index contributed by atoms with van der Waals surface area (Å²) in [5.74, 6) is 0.668. The minimum absolute atomic E-state index is 0.212. The van der Waals surface area contributed by atoms with E-state index in [0.29, 0.717) is 6.42 Å². The van der Waals surface area contributed by atoms with Crippen LogP contribution in [0.3, 0.4) is 0 Å². The average Bonchev–Trinajstić information content (AvgIpc) is 2.17. The Kier molecular flexibility index (Phi) is 8.85. The van der Waals surface area contributed by atoms with Gasteiger partial charge in [0.1, 0.15) is 6.04 Å². The van der Waals surface area contributed by atoms with Gasteiger partial charge in [-0.1, -0.05) is 13.3 Å². The lowest BCUT2D eigenvalue weighted by molar-refractivity contribution is -0.138. The van der Waals surface area contributed by atoms with Crippen molar-refractivity contribution in [1.29, 1.82) is 0 Å². The van der Waals surface area contributed by atoms with Crippen molar-refractivity contribution >= 4 is 17.7 Å². The number of rotatable bonds is 9. The molecule has 4 N–H and O–H groups in total. The average molecular weight is 235 g/mol. The van der Waals surface area contributed by atoms with Gasteiger partial charge in [0.05, 0.1) is 6.10 Å². The second-order valence-corrected chi connectivity index (χ2v) is 4.80. The number of hydrogen-bond acceptors (Lipinski definition) is 4.